The van der Waals surface area contributed by atoms with Crippen molar-refractivity contribution in [1.82, 2.24) is 19.5 Å². The van der Waals surface area contributed by atoms with Crippen LogP contribution in [0.15, 0.2) is 30.5 Å². The minimum absolute atomic E-state index is 0.274. The molecule has 2 aromatic heterocycles. The van der Waals surface area contributed by atoms with Gasteiger partial charge >= 0.3 is 0 Å². The van der Waals surface area contributed by atoms with Gasteiger partial charge in [-0.15, -0.1) is 0 Å². The van der Waals surface area contributed by atoms with E-state index in [1.165, 1.54) is 6.07 Å². The molecule has 0 unspecified atom stereocenters. The lowest BCUT2D eigenvalue weighted by molar-refractivity contribution is 0.637. The zero-order chi connectivity index (χ0) is 13.4. The van der Waals surface area contributed by atoms with Crippen molar-refractivity contribution in [3.63, 3.8) is 0 Å². The third kappa shape index (κ3) is 2.01. The molecule has 0 saturated carbocycles. The van der Waals surface area contributed by atoms with E-state index >= 15 is 0 Å². The number of hydrogen-bond acceptors (Lipinski definition) is 4. The molecule has 0 atom stereocenters. The molecule has 0 bridgehead atoms. The third-order valence-electron chi connectivity index (χ3n) is 2.91. The largest absolute Gasteiger partial charge is 0.369 e. The van der Waals surface area contributed by atoms with Crippen LogP contribution in [0.4, 0.5) is 10.3 Å². The molecule has 2 heterocycles. The Hall–Kier alpha value is -2.50. The van der Waals surface area contributed by atoms with Crippen LogP contribution in [0.5, 0.6) is 0 Å². The number of nitrogens with two attached hydrogens (primary N) is 1. The summed E-state index contributed by atoms with van der Waals surface area (Å²) in [5, 5.41) is 0. The van der Waals surface area contributed by atoms with Gasteiger partial charge in [-0.25, -0.2) is 19.3 Å². The summed E-state index contributed by atoms with van der Waals surface area (Å²) in [6, 6.07) is 6.60. The Morgan fingerprint density at radius 2 is 2.11 bits per heavy atom. The first kappa shape index (κ1) is 11.6. The molecule has 0 fully saturated rings. The smallest absolute Gasteiger partial charge is 0.201 e. The van der Waals surface area contributed by atoms with E-state index < -0.39 is 0 Å². The quantitative estimate of drug-likeness (QED) is 0.761. The highest BCUT2D eigenvalue weighted by atomic mass is 19.1. The van der Waals surface area contributed by atoms with Crippen molar-refractivity contribution >= 4 is 17.0 Å². The maximum atomic E-state index is 13.6. The molecule has 19 heavy (non-hydrogen) atoms. The molecule has 96 valence electrons. The van der Waals surface area contributed by atoms with Gasteiger partial charge in [-0.3, -0.25) is 0 Å². The number of aromatic nitrogens is 4. The second-order valence-electron chi connectivity index (χ2n) is 4.26. The van der Waals surface area contributed by atoms with Crippen LogP contribution >= 0.6 is 0 Å². The number of benzene rings is 1. The van der Waals surface area contributed by atoms with Gasteiger partial charge in [-0.05, 0) is 25.1 Å². The van der Waals surface area contributed by atoms with E-state index in [2.05, 4.69) is 15.0 Å². The zero-order valence-corrected chi connectivity index (χ0v) is 10.3. The molecule has 0 aliphatic heterocycles. The van der Waals surface area contributed by atoms with Gasteiger partial charge < -0.3 is 10.3 Å². The third-order valence-corrected chi connectivity index (χ3v) is 2.91. The predicted molar refractivity (Wildman–Crippen MR) is 70.0 cm³/mol. The molecule has 0 saturated heterocycles. The summed E-state index contributed by atoms with van der Waals surface area (Å²) in [6.07, 6.45) is 1.69. The lowest BCUT2D eigenvalue weighted by Gasteiger charge is -2.06. The number of nitrogen functional groups attached to an aromatic ring is 1. The van der Waals surface area contributed by atoms with Crippen molar-refractivity contribution in [2.75, 3.05) is 5.73 Å². The number of aryl methyl sites for hydroxylation is 1. The molecule has 0 radical (unpaired) electrons. The Morgan fingerprint density at radius 3 is 2.89 bits per heavy atom. The topological polar surface area (TPSA) is 69.6 Å². The van der Waals surface area contributed by atoms with Gasteiger partial charge in [0.2, 0.25) is 5.95 Å². The van der Waals surface area contributed by atoms with Crippen LogP contribution in [0.1, 0.15) is 11.5 Å². The molecule has 0 aliphatic carbocycles. The molecule has 0 aliphatic rings. The van der Waals surface area contributed by atoms with E-state index in [0.29, 0.717) is 17.9 Å². The maximum absolute atomic E-state index is 13.6. The minimum Gasteiger partial charge on any atom is -0.369 e. The van der Waals surface area contributed by atoms with Gasteiger partial charge in [0.25, 0.3) is 0 Å². The molecular weight excluding hydrogens is 245 g/mol. The highest BCUT2D eigenvalue weighted by molar-refractivity contribution is 5.78. The fourth-order valence-corrected chi connectivity index (χ4v) is 2.05. The summed E-state index contributed by atoms with van der Waals surface area (Å²) in [5.41, 5.74) is 7.60. The Kier molecular flexibility index (Phi) is 2.63. The maximum Gasteiger partial charge on any atom is 0.201 e. The fraction of sp³-hybridized carbons (Fsp3) is 0.154. The summed E-state index contributed by atoms with van der Waals surface area (Å²) in [7, 11) is 0. The van der Waals surface area contributed by atoms with E-state index in [9.17, 15) is 4.39 Å². The highest BCUT2D eigenvalue weighted by Gasteiger charge is 2.12. The van der Waals surface area contributed by atoms with Crippen LogP contribution < -0.4 is 5.73 Å². The van der Waals surface area contributed by atoms with Crippen molar-refractivity contribution in [2.45, 2.75) is 13.5 Å². The first-order valence-corrected chi connectivity index (χ1v) is 5.84. The summed E-state index contributed by atoms with van der Waals surface area (Å²) in [5.74, 6) is 0.588. The van der Waals surface area contributed by atoms with Gasteiger partial charge in [0.1, 0.15) is 11.3 Å². The fourth-order valence-electron chi connectivity index (χ4n) is 2.05. The van der Waals surface area contributed by atoms with Crippen LogP contribution in [0.25, 0.3) is 11.0 Å². The monoisotopic (exact) mass is 257 g/mol. The van der Waals surface area contributed by atoms with Crippen molar-refractivity contribution in [3.8, 4) is 0 Å². The molecule has 5 nitrogen and oxygen atoms in total. The Bertz CT molecular complexity index is 750. The standard InChI is InChI=1S/C13H12FN5/c1-8-16-6-5-9(17-8)7-19-11-4-2-3-10(14)12(11)18-13(19)15/h2-6H,7H2,1H3,(H2,15,18). The first-order chi connectivity index (χ1) is 9.15. The number of para-hydroxylation sites is 1. The average Bonchev–Trinajstić information content (AvgIpc) is 2.69. The number of nitrogens with zero attached hydrogens (tertiary/aromatic N) is 4. The average molecular weight is 257 g/mol. The Labute approximate surface area is 108 Å². The second-order valence-corrected chi connectivity index (χ2v) is 4.26. The molecule has 1 aromatic carbocycles. The first-order valence-electron chi connectivity index (χ1n) is 5.84. The van der Waals surface area contributed by atoms with Gasteiger partial charge in [0.15, 0.2) is 5.82 Å². The molecule has 2 N–H and O–H groups in total. The summed E-state index contributed by atoms with van der Waals surface area (Å²) >= 11 is 0. The molecule has 0 amide bonds. The van der Waals surface area contributed by atoms with Crippen LogP contribution in [0, 0.1) is 12.7 Å². The predicted octanol–water partition coefficient (Wildman–Crippen LogP) is 1.90. The Morgan fingerprint density at radius 1 is 1.26 bits per heavy atom. The second kappa shape index (κ2) is 4.31. The van der Waals surface area contributed by atoms with Crippen molar-refractivity contribution in [2.24, 2.45) is 0 Å². The van der Waals surface area contributed by atoms with Gasteiger partial charge in [-0.1, -0.05) is 6.07 Å². The number of rotatable bonds is 2. The molecule has 3 aromatic rings. The Balaban J connectivity index is 2.10. The van der Waals surface area contributed by atoms with Crippen molar-refractivity contribution in [1.29, 1.82) is 0 Å². The zero-order valence-electron chi connectivity index (χ0n) is 10.3. The normalized spacial score (nSPS) is 11.1. The molecule has 3 rings (SSSR count). The van der Waals surface area contributed by atoms with E-state index in [1.807, 2.05) is 6.92 Å². The number of imidazole rings is 1. The lowest BCUT2D eigenvalue weighted by Crippen LogP contribution is -2.06. The number of anilines is 1. The van der Waals surface area contributed by atoms with Gasteiger partial charge in [0, 0.05) is 6.20 Å². The van der Waals surface area contributed by atoms with Crippen molar-refractivity contribution in [3.05, 3.63) is 47.8 Å². The molecule has 0 spiro atoms. The SMILES string of the molecule is Cc1nccc(Cn2c(N)nc3c(F)cccc32)n1. The molecule has 6 heteroatoms. The highest BCUT2D eigenvalue weighted by Crippen LogP contribution is 2.21. The van der Waals surface area contributed by atoms with Gasteiger partial charge in [-0.2, -0.15) is 0 Å². The van der Waals surface area contributed by atoms with Crippen LogP contribution in [-0.4, -0.2) is 19.5 Å². The number of hydrogen-bond donors (Lipinski definition) is 1. The van der Waals surface area contributed by atoms with Crippen LogP contribution in [0.2, 0.25) is 0 Å². The van der Waals surface area contributed by atoms with Crippen LogP contribution in [-0.2, 0) is 6.54 Å². The van der Waals surface area contributed by atoms with E-state index in [1.54, 1.807) is 29.0 Å². The number of halogens is 1. The van der Waals surface area contributed by atoms with Crippen LogP contribution in [0.3, 0.4) is 0 Å². The van der Waals surface area contributed by atoms with Gasteiger partial charge in [0.05, 0.1) is 17.8 Å². The summed E-state index contributed by atoms with van der Waals surface area (Å²) in [4.78, 5) is 12.4. The minimum atomic E-state index is -0.373. The molecular formula is C13H12FN5. The van der Waals surface area contributed by atoms with E-state index in [4.69, 9.17) is 5.73 Å². The summed E-state index contributed by atoms with van der Waals surface area (Å²) < 4.78 is 15.4. The van der Waals surface area contributed by atoms with Crippen molar-refractivity contribution < 1.29 is 4.39 Å². The lowest BCUT2D eigenvalue weighted by atomic mass is 10.3. The summed E-state index contributed by atoms with van der Waals surface area (Å²) in [6.45, 7) is 2.26. The number of fused-ring (bicyclic) bond motifs is 1. The van der Waals surface area contributed by atoms with E-state index in [0.717, 1.165) is 5.69 Å². The van der Waals surface area contributed by atoms with E-state index in [-0.39, 0.29) is 17.3 Å².